The lowest BCUT2D eigenvalue weighted by atomic mass is 9.93. The molecule has 2 N–H and O–H groups in total. The number of rotatable bonds is 19. The van der Waals surface area contributed by atoms with Gasteiger partial charge in [0.25, 0.3) is 0 Å². The molecule has 0 aromatic carbocycles. The van der Waals surface area contributed by atoms with Crippen molar-refractivity contribution in [3.05, 3.63) is 0 Å². The van der Waals surface area contributed by atoms with Gasteiger partial charge in [-0.2, -0.15) is 0 Å². The summed E-state index contributed by atoms with van der Waals surface area (Å²) in [7, 11) is 0. The smallest absolute Gasteiger partial charge is 0.303 e. The minimum atomic E-state index is -0.730. The average molecular weight is 440 g/mol. The van der Waals surface area contributed by atoms with Crippen LogP contribution in [0.25, 0.3) is 0 Å². The molecule has 0 saturated carbocycles. The van der Waals surface area contributed by atoms with Gasteiger partial charge in [-0.15, -0.1) is 0 Å². The van der Waals surface area contributed by atoms with Crippen molar-refractivity contribution in [2.24, 2.45) is 5.92 Å². The Bertz CT molecular complexity index is 500. The summed E-state index contributed by atoms with van der Waals surface area (Å²) in [5, 5.41) is 17.4. The molecule has 0 aromatic rings. The van der Waals surface area contributed by atoms with E-state index in [1.807, 2.05) is 4.90 Å². The normalized spacial score (nSPS) is 14.6. The molecule has 6 heteroatoms. The van der Waals surface area contributed by atoms with Crippen LogP contribution in [0.3, 0.4) is 0 Å². The third-order valence-electron chi connectivity index (χ3n) is 6.46. The Balaban J connectivity index is 1.81. The number of carboxylic acids is 2. The summed E-state index contributed by atoms with van der Waals surface area (Å²) in [5.41, 5.74) is 0. The Kier molecular flexibility index (Phi) is 16.0. The highest BCUT2D eigenvalue weighted by molar-refractivity contribution is 5.76. The molecule has 6 nitrogen and oxygen atoms in total. The van der Waals surface area contributed by atoms with E-state index in [0.29, 0.717) is 12.8 Å². The first-order chi connectivity index (χ1) is 15.0. The molecule has 1 rings (SSSR count). The number of carboxylic acid groups (broad SMARTS) is 2. The SMILES string of the molecule is O=C(O)CCCCCCCCCCCCCCCCC(=O)N1CCC(CC(=O)O)CC1. The van der Waals surface area contributed by atoms with Gasteiger partial charge < -0.3 is 15.1 Å². The molecule has 1 aliphatic heterocycles. The Morgan fingerprint density at radius 1 is 0.581 bits per heavy atom. The van der Waals surface area contributed by atoms with Crippen molar-refractivity contribution >= 4 is 17.8 Å². The number of carbonyl (C=O) groups is 3. The second kappa shape index (κ2) is 18.0. The van der Waals surface area contributed by atoms with Crippen LogP contribution in [0.1, 0.15) is 122 Å². The summed E-state index contributed by atoms with van der Waals surface area (Å²) in [6.45, 7) is 1.45. The molecule has 0 unspecified atom stereocenters. The molecule has 0 radical (unpaired) electrons. The van der Waals surface area contributed by atoms with Crippen molar-refractivity contribution in [2.75, 3.05) is 13.1 Å². The molecule has 1 aliphatic rings. The van der Waals surface area contributed by atoms with Gasteiger partial charge in [-0.25, -0.2) is 0 Å². The highest BCUT2D eigenvalue weighted by Gasteiger charge is 2.23. The predicted octanol–water partition coefficient (Wildman–Crippen LogP) is 6.03. The molecule has 1 amide bonds. The van der Waals surface area contributed by atoms with Crippen molar-refractivity contribution < 1.29 is 24.6 Å². The third kappa shape index (κ3) is 15.8. The summed E-state index contributed by atoms with van der Waals surface area (Å²) >= 11 is 0. The number of amides is 1. The van der Waals surface area contributed by atoms with E-state index >= 15 is 0 Å². The quantitative estimate of drug-likeness (QED) is 0.240. The fourth-order valence-corrected chi connectivity index (χ4v) is 4.47. The monoisotopic (exact) mass is 439 g/mol. The lowest BCUT2D eigenvalue weighted by Crippen LogP contribution is -2.38. The molecule has 1 fully saturated rings. The van der Waals surface area contributed by atoms with Gasteiger partial charge in [-0.1, -0.05) is 77.0 Å². The fraction of sp³-hybridized carbons (Fsp3) is 0.880. The van der Waals surface area contributed by atoms with Crippen molar-refractivity contribution in [3.8, 4) is 0 Å². The van der Waals surface area contributed by atoms with Crippen LogP contribution in [0.4, 0.5) is 0 Å². The molecule has 0 aliphatic carbocycles. The van der Waals surface area contributed by atoms with Gasteiger partial charge in [0.2, 0.25) is 5.91 Å². The molecular weight excluding hydrogens is 394 g/mol. The van der Waals surface area contributed by atoms with Crippen LogP contribution < -0.4 is 0 Å². The fourth-order valence-electron chi connectivity index (χ4n) is 4.47. The van der Waals surface area contributed by atoms with E-state index < -0.39 is 11.9 Å². The largest absolute Gasteiger partial charge is 0.481 e. The number of hydrogen-bond donors (Lipinski definition) is 2. The van der Waals surface area contributed by atoms with Gasteiger partial charge in [-0.3, -0.25) is 14.4 Å². The van der Waals surface area contributed by atoms with Gasteiger partial charge in [0.1, 0.15) is 0 Å². The van der Waals surface area contributed by atoms with Crippen LogP contribution in [0, 0.1) is 5.92 Å². The minimum Gasteiger partial charge on any atom is -0.481 e. The van der Waals surface area contributed by atoms with Crippen molar-refractivity contribution in [3.63, 3.8) is 0 Å². The van der Waals surface area contributed by atoms with Crippen LogP contribution in [-0.4, -0.2) is 46.0 Å². The van der Waals surface area contributed by atoms with Crippen LogP contribution >= 0.6 is 0 Å². The van der Waals surface area contributed by atoms with E-state index in [1.165, 1.54) is 64.2 Å². The van der Waals surface area contributed by atoms with Crippen molar-refractivity contribution in [1.29, 1.82) is 0 Å². The highest BCUT2D eigenvalue weighted by atomic mass is 16.4. The van der Waals surface area contributed by atoms with Gasteiger partial charge in [-0.05, 0) is 31.6 Å². The first-order valence-electron chi connectivity index (χ1n) is 12.7. The molecule has 0 aromatic heterocycles. The topological polar surface area (TPSA) is 94.9 Å². The molecule has 0 atom stereocenters. The molecule has 1 saturated heterocycles. The van der Waals surface area contributed by atoms with Gasteiger partial charge in [0.05, 0.1) is 0 Å². The lowest BCUT2D eigenvalue weighted by Gasteiger charge is -2.31. The zero-order valence-corrected chi connectivity index (χ0v) is 19.5. The van der Waals surface area contributed by atoms with E-state index in [4.69, 9.17) is 10.2 Å². The zero-order chi connectivity index (χ0) is 22.7. The average Bonchev–Trinajstić information content (AvgIpc) is 2.73. The number of piperidine rings is 1. The second-order valence-electron chi connectivity index (χ2n) is 9.27. The molecular formula is C25H45NO5. The number of hydrogen-bond acceptors (Lipinski definition) is 3. The van der Waals surface area contributed by atoms with E-state index in [1.54, 1.807) is 0 Å². The minimum absolute atomic E-state index is 0.233. The number of aliphatic carboxylic acids is 2. The molecule has 1 heterocycles. The summed E-state index contributed by atoms with van der Waals surface area (Å²) in [6, 6.07) is 0. The Morgan fingerprint density at radius 3 is 1.35 bits per heavy atom. The predicted molar refractivity (Wildman–Crippen MR) is 123 cm³/mol. The van der Waals surface area contributed by atoms with E-state index in [-0.39, 0.29) is 18.2 Å². The number of nitrogens with zero attached hydrogens (tertiary/aromatic N) is 1. The standard InChI is InChI=1S/C25H45NO5/c27-23(26-19-17-22(18-20-26)21-25(30)31)15-13-11-9-7-5-3-1-2-4-6-8-10-12-14-16-24(28)29/h22H,1-21H2,(H,28,29)(H,30,31). The number of unbranched alkanes of at least 4 members (excludes halogenated alkanes) is 13. The van der Waals surface area contributed by atoms with E-state index in [9.17, 15) is 14.4 Å². The van der Waals surface area contributed by atoms with Crippen LogP contribution in [0.5, 0.6) is 0 Å². The van der Waals surface area contributed by atoms with Gasteiger partial charge >= 0.3 is 11.9 Å². The Hall–Kier alpha value is -1.59. The number of likely N-dealkylation sites (tertiary alicyclic amines) is 1. The molecule has 31 heavy (non-hydrogen) atoms. The summed E-state index contributed by atoms with van der Waals surface area (Å²) in [5.74, 6) is -0.931. The first kappa shape index (κ1) is 27.4. The second-order valence-corrected chi connectivity index (χ2v) is 9.27. The summed E-state index contributed by atoms with van der Waals surface area (Å²) in [4.78, 5) is 35.4. The first-order valence-corrected chi connectivity index (χ1v) is 12.7. The zero-order valence-electron chi connectivity index (χ0n) is 19.5. The van der Waals surface area contributed by atoms with E-state index in [0.717, 1.165) is 51.6 Å². The van der Waals surface area contributed by atoms with Crippen molar-refractivity contribution in [2.45, 2.75) is 122 Å². The summed E-state index contributed by atoms with van der Waals surface area (Å²) in [6.07, 6.45) is 19.5. The highest BCUT2D eigenvalue weighted by Crippen LogP contribution is 2.21. The maximum atomic E-state index is 12.3. The molecule has 0 spiro atoms. The maximum Gasteiger partial charge on any atom is 0.303 e. The lowest BCUT2D eigenvalue weighted by molar-refractivity contribution is -0.139. The van der Waals surface area contributed by atoms with Crippen LogP contribution in [-0.2, 0) is 14.4 Å². The van der Waals surface area contributed by atoms with Gasteiger partial charge in [0.15, 0.2) is 0 Å². The Morgan fingerprint density at radius 2 is 0.968 bits per heavy atom. The molecule has 0 bridgehead atoms. The number of carbonyl (C=O) groups excluding carboxylic acids is 1. The van der Waals surface area contributed by atoms with Crippen LogP contribution in [0.15, 0.2) is 0 Å². The van der Waals surface area contributed by atoms with E-state index in [2.05, 4.69) is 0 Å². The van der Waals surface area contributed by atoms with Crippen molar-refractivity contribution in [1.82, 2.24) is 4.90 Å². The summed E-state index contributed by atoms with van der Waals surface area (Å²) < 4.78 is 0. The Labute approximate surface area is 188 Å². The van der Waals surface area contributed by atoms with Gasteiger partial charge in [0, 0.05) is 32.4 Å². The third-order valence-corrected chi connectivity index (χ3v) is 6.46. The maximum absolute atomic E-state index is 12.3. The molecule has 180 valence electrons. The van der Waals surface area contributed by atoms with Crippen LogP contribution in [0.2, 0.25) is 0 Å².